The van der Waals surface area contributed by atoms with Crippen LogP contribution in [0.1, 0.15) is 16.1 Å². The number of carbonyl (C=O) groups is 1. The van der Waals surface area contributed by atoms with Crippen LogP contribution in [-0.2, 0) is 10.9 Å². The van der Waals surface area contributed by atoms with Crippen molar-refractivity contribution in [1.29, 1.82) is 0 Å². The molecule has 3 nitrogen and oxygen atoms in total. The molecule has 0 atom stereocenters. The summed E-state index contributed by atoms with van der Waals surface area (Å²) >= 11 is 5.72. The Kier molecular flexibility index (Phi) is 4.18. The van der Waals surface area contributed by atoms with E-state index in [2.05, 4.69) is 9.72 Å². The van der Waals surface area contributed by atoms with Crippen LogP contribution < -0.4 is 0 Å². The lowest BCUT2D eigenvalue weighted by Gasteiger charge is -2.13. The fourth-order valence-electron chi connectivity index (χ4n) is 1.73. The van der Waals surface area contributed by atoms with Crippen LogP contribution in [0.5, 0.6) is 0 Å². The lowest BCUT2D eigenvalue weighted by Crippen LogP contribution is -2.12. The van der Waals surface area contributed by atoms with Crippen molar-refractivity contribution in [3.63, 3.8) is 0 Å². The molecule has 0 radical (unpaired) electrons. The SMILES string of the molecule is COC(=O)c1ccc(C(F)(F)F)c(-c2ccc(Cl)cc2)n1. The van der Waals surface area contributed by atoms with Crippen LogP contribution in [-0.4, -0.2) is 18.1 Å². The molecule has 21 heavy (non-hydrogen) atoms. The van der Waals surface area contributed by atoms with Crippen LogP contribution >= 0.6 is 11.6 Å². The maximum atomic E-state index is 13.0. The Labute approximate surface area is 123 Å². The molecule has 0 aliphatic rings. The van der Waals surface area contributed by atoms with E-state index in [1.165, 1.54) is 24.3 Å². The predicted octanol–water partition coefficient (Wildman–Crippen LogP) is 4.21. The predicted molar refractivity (Wildman–Crippen MR) is 71.0 cm³/mol. The largest absolute Gasteiger partial charge is 0.464 e. The van der Waals surface area contributed by atoms with E-state index >= 15 is 0 Å². The quantitative estimate of drug-likeness (QED) is 0.779. The lowest BCUT2D eigenvalue weighted by molar-refractivity contribution is -0.137. The van der Waals surface area contributed by atoms with Crippen molar-refractivity contribution in [3.05, 3.63) is 52.7 Å². The van der Waals surface area contributed by atoms with E-state index < -0.39 is 17.7 Å². The van der Waals surface area contributed by atoms with Crippen molar-refractivity contribution in [3.8, 4) is 11.3 Å². The molecule has 2 rings (SSSR count). The minimum atomic E-state index is -4.59. The molecule has 0 amide bonds. The number of halogens is 4. The standard InChI is InChI=1S/C14H9ClF3NO2/c1-21-13(20)11-7-6-10(14(16,17)18)12(19-11)8-2-4-9(15)5-3-8/h2-7H,1H3. The number of esters is 1. The van der Waals surface area contributed by atoms with E-state index in [0.29, 0.717) is 5.02 Å². The summed E-state index contributed by atoms with van der Waals surface area (Å²) in [7, 11) is 1.13. The first-order valence-electron chi connectivity index (χ1n) is 5.75. The van der Waals surface area contributed by atoms with Gasteiger partial charge in [0.15, 0.2) is 0 Å². The molecule has 0 unspecified atom stereocenters. The second-order valence-electron chi connectivity index (χ2n) is 4.09. The molecule has 0 bridgehead atoms. The van der Waals surface area contributed by atoms with Crippen LogP contribution in [0.4, 0.5) is 13.2 Å². The highest BCUT2D eigenvalue weighted by molar-refractivity contribution is 6.30. The van der Waals surface area contributed by atoms with Crippen LogP contribution in [0.25, 0.3) is 11.3 Å². The third kappa shape index (κ3) is 3.33. The second kappa shape index (κ2) is 5.73. The summed E-state index contributed by atoms with van der Waals surface area (Å²) in [6.07, 6.45) is -4.59. The highest BCUT2D eigenvalue weighted by atomic mass is 35.5. The minimum Gasteiger partial charge on any atom is -0.464 e. The zero-order chi connectivity index (χ0) is 15.6. The number of nitrogens with zero attached hydrogens (tertiary/aromatic N) is 1. The Balaban J connectivity index is 2.63. The Bertz CT molecular complexity index is 669. The van der Waals surface area contributed by atoms with Gasteiger partial charge in [0, 0.05) is 10.6 Å². The van der Waals surface area contributed by atoms with Gasteiger partial charge in [0.2, 0.25) is 0 Å². The first kappa shape index (κ1) is 15.3. The summed E-state index contributed by atoms with van der Waals surface area (Å²) in [5.74, 6) is -0.807. The smallest absolute Gasteiger partial charge is 0.418 e. The van der Waals surface area contributed by atoms with Gasteiger partial charge in [-0.1, -0.05) is 23.7 Å². The van der Waals surface area contributed by atoms with Crippen LogP contribution in [0, 0.1) is 0 Å². The first-order chi connectivity index (χ1) is 9.82. The van der Waals surface area contributed by atoms with Gasteiger partial charge in [0.05, 0.1) is 18.4 Å². The van der Waals surface area contributed by atoms with Gasteiger partial charge in [-0.2, -0.15) is 13.2 Å². The zero-order valence-electron chi connectivity index (χ0n) is 10.7. The van der Waals surface area contributed by atoms with Gasteiger partial charge >= 0.3 is 12.1 Å². The summed E-state index contributed by atoms with van der Waals surface area (Å²) in [5, 5.41) is 0.386. The molecule has 1 aromatic heterocycles. The molecule has 0 fully saturated rings. The highest BCUT2D eigenvalue weighted by Gasteiger charge is 2.35. The van der Waals surface area contributed by atoms with Gasteiger partial charge in [-0.25, -0.2) is 9.78 Å². The highest BCUT2D eigenvalue weighted by Crippen LogP contribution is 2.36. The first-order valence-corrected chi connectivity index (χ1v) is 6.13. The molecule has 0 spiro atoms. The number of hydrogen-bond donors (Lipinski definition) is 0. The van der Waals surface area contributed by atoms with Crippen LogP contribution in [0.2, 0.25) is 5.02 Å². The number of rotatable bonds is 2. The van der Waals surface area contributed by atoms with Crippen LogP contribution in [0.15, 0.2) is 36.4 Å². The minimum absolute atomic E-state index is 0.199. The third-order valence-corrected chi connectivity index (χ3v) is 2.96. The number of pyridine rings is 1. The van der Waals surface area contributed by atoms with E-state index in [1.54, 1.807) is 0 Å². The summed E-state index contributed by atoms with van der Waals surface area (Å²) in [5.41, 5.74) is -1.27. The number of alkyl halides is 3. The van der Waals surface area contributed by atoms with E-state index in [9.17, 15) is 18.0 Å². The molecule has 110 valence electrons. The number of methoxy groups -OCH3 is 1. The number of carbonyl (C=O) groups excluding carboxylic acids is 1. The Morgan fingerprint density at radius 1 is 1.14 bits per heavy atom. The molecular formula is C14H9ClF3NO2. The summed E-state index contributed by atoms with van der Waals surface area (Å²) in [4.78, 5) is 15.2. The van der Waals surface area contributed by atoms with Crippen molar-refractivity contribution in [1.82, 2.24) is 4.98 Å². The van der Waals surface area contributed by atoms with Crippen molar-refractivity contribution >= 4 is 17.6 Å². The number of benzene rings is 1. The Hall–Kier alpha value is -2.08. The Morgan fingerprint density at radius 3 is 2.29 bits per heavy atom. The maximum Gasteiger partial charge on any atom is 0.418 e. The fourth-order valence-corrected chi connectivity index (χ4v) is 1.86. The third-order valence-electron chi connectivity index (χ3n) is 2.71. The van der Waals surface area contributed by atoms with E-state index in [4.69, 9.17) is 11.6 Å². The molecule has 7 heteroatoms. The average Bonchev–Trinajstić information content (AvgIpc) is 2.45. The molecule has 1 aromatic carbocycles. The monoisotopic (exact) mass is 315 g/mol. The number of hydrogen-bond acceptors (Lipinski definition) is 3. The van der Waals surface area contributed by atoms with Crippen LogP contribution in [0.3, 0.4) is 0 Å². The summed E-state index contributed by atoms with van der Waals surface area (Å²) in [6.45, 7) is 0. The number of aromatic nitrogens is 1. The van der Waals surface area contributed by atoms with Crippen molar-refractivity contribution in [2.75, 3.05) is 7.11 Å². The van der Waals surface area contributed by atoms with Gasteiger partial charge in [-0.15, -0.1) is 0 Å². The van der Waals surface area contributed by atoms with Crippen molar-refractivity contribution in [2.45, 2.75) is 6.18 Å². The summed E-state index contributed by atoms with van der Waals surface area (Å²) in [6, 6.07) is 7.49. The molecule has 0 saturated carbocycles. The van der Waals surface area contributed by atoms with E-state index in [-0.39, 0.29) is 17.0 Å². The molecule has 0 N–H and O–H groups in total. The zero-order valence-corrected chi connectivity index (χ0v) is 11.5. The molecule has 0 aliphatic carbocycles. The average molecular weight is 316 g/mol. The molecule has 2 aromatic rings. The van der Waals surface area contributed by atoms with Gasteiger partial charge in [0.25, 0.3) is 0 Å². The summed E-state index contributed by atoms with van der Waals surface area (Å²) < 4.78 is 43.6. The van der Waals surface area contributed by atoms with Crippen molar-refractivity contribution in [2.24, 2.45) is 0 Å². The second-order valence-corrected chi connectivity index (χ2v) is 4.53. The Morgan fingerprint density at radius 2 is 1.76 bits per heavy atom. The van der Waals surface area contributed by atoms with Crippen molar-refractivity contribution < 1.29 is 22.7 Å². The van der Waals surface area contributed by atoms with Gasteiger partial charge < -0.3 is 4.74 Å². The molecular weight excluding hydrogens is 307 g/mol. The topological polar surface area (TPSA) is 39.2 Å². The molecule has 1 heterocycles. The van der Waals surface area contributed by atoms with Gasteiger partial charge in [-0.05, 0) is 24.3 Å². The van der Waals surface area contributed by atoms with E-state index in [1.807, 2.05) is 0 Å². The normalized spacial score (nSPS) is 11.3. The molecule has 0 saturated heterocycles. The fraction of sp³-hybridized carbons (Fsp3) is 0.143. The number of ether oxygens (including phenoxy) is 1. The van der Waals surface area contributed by atoms with Gasteiger partial charge in [0.1, 0.15) is 5.69 Å². The molecule has 0 aliphatic heterocycles. The van der Waals surface area contributed by atoms with Gasteiger partial charge in [-0.3, -0.25) is 0 Å². The van der Waals surface area contributed by atoms with E-state index in [0.717, 1.165) is 19.2 Å². The maximum absolute atomic E-state index is 13.0. The lowest BCUT2D eigenvalue weighted by atomic mass is 10.0.